The predicted octanol–water partition coefficient (Wildman–Crippen LogP) is 15.3. The fraction of sp³-hybridized carbons (Fsp3) is 0. The molecule has 4 aliphatic heterocycles. The van der Waals surface area contributed by atoms with Crippen LogP contribution in [0.3, 0.4) is 0 Å². The summed E-state index contributed by atoms with van der Waals surface area (Å²) in [4.78, 5) is 4.81. The summed E-state index contributed by atoms with van der Waals surface area (Å²) >= 11 is 0. The number of benzene rings is 13. The highest BCUT2D eigenvalue weighted by Gasteiger charge is 2.46. The van der Waals surface area contributed by atoms with Crippen molar-refractivity contribution < 1.29 is 0 Å². The molecule has 13 aromatic carbocycles. The predicted molar refractivity (Wildman–Crippen MR) is 362 cm³/mol. The number of hydrogen-bond acceptors (Lipinski definition) is 2. The molecule has 0 bridgehead atoms. The molecule has 6 nitrogen and oxygen atoms in total. The van der Waals surface area contributed by atoms with Crippen LogP contribution in [0.1, 0.15) is 0 Å². The minimum absolute atomic E-state index is 0.0515. The quantitative estimate of drug-likeness (QED) is 0.155. The van der Waals surface area contributed by atoms with E-state index in [2.05, 4.69) is 307 Å². The van der Waals surface area contributed by atoms with Gasteiger partial charge in [0.1, 0.15) is 0 Å². The fourth-order valence-electron chi connectivity index (χ4n) is 16.6. The van der Waals surface area contributed by atoms with Crippen LogP contribution in [0.4, 0.5) is 34.1 Å². The number of fused-ring (bicyclic) bond motifs is 24. The van der Waals surface area contributed by atoms with Gasteiger partial charge in [-0.15, -0.1) is 0 Å². The molecule has 21 rings (SSSR count). The summed E-state index contributed by atoms with van der Waals surface area (Å²) in [6.45, 7) is -0.103. The summed E-state index contributed by atoms with van der Waals surface area (Å²) in [7, 11) is 0. The van der Waals surface area contributed by atoms with Crippen LogP contribution in [0.25, 0.3) is 110 Å². The number of anilines is 6. The highest BCUT2D eigenvalue weighted by molar-refractivity contribution is 7.03. The molecule has 394 valence electrons. The lowest BCUT2D eigenvalue weighted by Crippen LogP contribution is -2.63. The van der Waals surface area contributed by atoms with Gasteiger partial charge in [-0.05, 0) is 160 Å². The molecular weight excluding hydrogens is 1040 g/mol. The van der Waals surface area contributed by atoms with E-state index in [1.807, 2.05) is 0 Å². The summed E-state index contributed by atoms with van der Waals surface area (Å²) in [5.74, 6) is 0. The van der Waals surface area contributed by atoms with Crippen LogP contribution < -0.4 is 42.6 Å². The molecule has 0 aliphatic carbocycles. The van der Waals surface area contributed by atoms with Crippen LogP contribution >= 0.6 is 0 Å². The molecule has 8 heteroatoms. The molecule has 0 unspecified atom stereocenters. The van der Waals surface area contributed by atoms with E-state index in [0.717, 1.165) is 34.1 Å². The molecule has 0 spiro atoms. The highest BCUT2D eigenvalue weighted by Crippen LogP contribution is 2.48. The van der Waals surface area contributed by atoms with Crippen LogP contribution in [0, 0.1) is 0 Å². The first-order valence-electron chi connectivity index (χ1n) is 30.0. The van der Waals surface area contributed by atoms with Gasteiger partial charge in [-0.2, -0.15) is 0 Å². The first-order chi connectivity index (χ1) is 42.7. The van der Waals surface area contributed by atoms with Crippen molar-refractivity contribution in [3.63, 3.8) is 0 Å². The van der Waals surface area contributed by atoms with Gasteiger partial charge in [-0.1, -0.05) is 152 Å². The van der Waals surface area contributed by atoms with Gasteiger partial charge in [0.2, 0.25) is 0 Å². The lowest BCUT2D eigenvalue weighted by molar-refractivity contribution is 1.14. The Morgan fingerprint density at radius 3 is 0.942 bits per heavy atom. The summed E-state index contributed by atoms with van der Waals surface area (Å²) in [5.41, 5.74) is 29.8. The van der Waals surface area contributed by atoms with E-state index in [-0.39, 0.29) is 13.4 Å². The SMILES string of the molecule is c1ccc(N(c2ccccc2)c2ccc3c(c2)c2cc4c5ccccc5n5c4c4c2n3-c2cc3c(cc2B4c2ccccc2-5)B2c4ccccc4-n4c5ccccc5c5cc6c7cc(N(c8ccccc8)c8ccccc8)ccc7n-3c6c2c54)cc1. The summed E-state index contributed by atoms with van der Waals surface area (Å²) in [5, 5.41) is 10.1. The van der Waals surface area contributed by atoms with Crippen molar-refractivity contribution in [1.29, 1.82) is 0 Å². The zero-order chi connectivity index (χ0) is 55.6. The Balaban J connectivity index is 0.918. The fourth-order valence-corrected chi connectivity index (χ4v) is 16.6. The average Bonchev–Trinajstić information content (AvgIpc) is 1.47. The monoisotopic (exact) mass is 1090 g/mol. The standard InChI is InChI=1S/C78H46B2N6/c1-5-21-47(22-6-1)81(48-23-7-2-8-24-48)51-37-39-67-55(41-51)59-43-57-53-29-13-17-33-65(53)83-69-35-19-15-31-61(69)79-63-45-64-72(46-71(63)85(67)77(59)73(79)75(57)83)86-68-40-38-52(82(49-25-9-3-10-26-49)50-27-11-4-12-28-50)42-56(68)60-44-58-54-30-14-18-34-66(54)84-70-36-20-16-32-62(70)80(64)74(76(58)84)78(60)86/h1-46H. The summed E-state index contributed by atoms with van der Waals surface area (Å²) < 4.78 is 10.5. The Hall–Kier alpha value is -11.2. The smallest absolute Gasteiger partial charge is 0.252 e. The molecule has 0 saturated carbocycles. The maximum atomic E-state index is 2.69. The molecule has 0 radical (unpaired) electrons. The van der Waals surface area contributed by atoms with Crippen LogP contribution in [-0.4, -0.2) is 31.7 Å². The van der Waals surface area contributed by atoms with Gasteiger partial charge in [0.15, 0.2) is 0 Å². The average molecular weight is 1090 g/mol. The van der Waals surface area contributed by atoms with E-state index in [9.17, 15) is 0 Å². The van der Waals surface area contributed by atoms with Crippen molar-refractivity contribution in [2.75, 3.05) is 9.80 Å². The van der Waals surface area contributed by atoms with E-state index in [4.69, 9.17) is 0 Å². The van der Waals surface area contributed by atoms with E-state index >= 15 is 0 Å². The van der Waals surface area contributed by atoms with Gasteiger partial charge in [-0.25, -0.2) is 0 Å². The molecule has 86 heavy (non-hydrogen) atoms. The zero-order valence-electron chi connectivity index (χ0n) is 46.4. The summed E-state index contributed by atoms with van der Waals surface area (Å²) in [6.07, 6.45) is 0. The maximum absolute atomic E-state index is 2.69. The van der Waals surface area contributed by atoms with E-state index in [1.165, 1.54) is 143 Å². The lowest BCUT2D eigenvalue weighted by Gasteiger charge is -2.37. The van der Waals surface area contributed by atoms with Crippen molar-refractivity contribution in [3.8, 4) is 22.7 Å². The van der Waals surface area contributed by atoms with E-state index < -0.39 is 0 Å². The first-order valence-corrected chi connectivity index (χ1v) is 30.0. The molecular formula is C78H46B2N6. The Morgan fingerprint density at radius 1 is 0.209 bits per heavy atom. The van der Waals surface area contributed by atoms with E-state index in [1.54, 1.807) is 0 Å². The van der Waals surface area contributed by atoms with Crippen molar-refractivity contribution in [1.82, 2.24) is 18.3 Å². The van der Waals surface area contributed by atoms with Gasteiger partial charge in [0, 0.05) is 100.0 Å². The normalized spacial score (nSPS) is 13.1. The van der Waals surface area contributed by atoms with Crippen LogP contribution in [0.15, 0.2) is 279 Å². The molecule has 0 N–H and O–H groups in total. The molecule has 4 aliphatic rings. The van der Waals surface area contributed by atoms with Gasteiger partial charge >= 0.3 is 0 Å². The number of aromatic nitrogens is 4. The first kappa shape index (κ1) is 45.3. The zero-order valence-corrected chi connectivity index (χ0v) is 46.4. The Labute approximate surface area is 494 Å². The van der Waals surface area contributed by atoms with Crippen LogP contribution in [0.2, 0.25) is 0 Å². The van der Waals surface area contributed by atoms with Crippen LogP contribution in [0.5, 0.6) is 0 Å². The van der Waals surface area contributed by atoms with Gasteiger partial charge in [0.25, 0.3) is 13.4 Å². The van der Waals surface area contributed by atoms with Crippen molar-refractivity contribution in [3.05, 3.63) is 279 Å². The summed E-state index contributed by atoms with van der Waals surface area (Å²) in [6, 6.07) is 105. The van der Waals surface area contributed by atoms with E-state index in [0.29, 0.717) is 0 Å². The third-order valence-electron chi connectivity index (χ3n) is 19.8. The Morgan fingerprint density at radius 2 is 0.535 bits per heavy atom. The number of para-hydroxylation sites is 8. The highest BCUT2D eigenvalue weighted by atomic mass is 15.2. The second-order valence-electron chi connectivity index (χ2n) is 23.9. The maximum Gasteiger partial charge on any atom is 0.252 e. The molecule has 8 heterocycles. The molecule has 0 fully saturated rings. The minimum Gasteiger partial charge on any atom is -0.310 e. The largest absolute Gasteiger partial charge is 0.310 e. The minimum atomic E-state index is -0.0515. The Kier molecular flexibility index (Phi) is 8.60. The third-order valence-corrected chi connectivity index (χ3v) is 19.8. The second kappa shape index (κ2) is 16.3. The van der Waals surface area contributed by atoms with Crippen LogP contribution in [-0.2, 0) is 0 Å². The topological polar surface area (TPSA) is 26.2 Å². The van der Waals surface area contributed by atoms with Gasteiger partial charge < -0.3 is 28.1 Å². The Bertz CT molecular complexity index is 5420. The third kappa shape index (κ3) is 5.60. The lowest BCUT2D eigenvalue weighted by atomic mass is 9.31. The van der Waals surface area contributed by atoms with Gasteiger partial charge in [0.05, 0.1) is 44.1 Å². The molecule has 4 aromatic heterocycles. The molecule has 0 saturated heterocycles. The van der Waals surface area contributed by atoms with Crippen molar-refractivity contribution >= 4 is 168 Å². The molecule has 0 atom stereocenters. The van der Waals surface area contributed by atoms with Crippen molar-refractivity contribution in [2.45, 2.75) is 0 Å². The number of hydrogen-bond donors (Lipinski definition) is 0. The number of nitrogens with zero attached hydrogens (tertiary/aromatic N) is 6. The van der Waals surface area contributed by atoms with Gasteiger partial charge in [-0.3, -0.25) is 0 Å². The second-order valence-corrected chi connectivity index (χ2v) is 23.9. The molecule has 0 amide bonds. The molecule has 17 aromatic rings. The number of rotatable bonds is 6. The van der Waals surface area contributed by atoms with Crippen molar-refractivity contribution in [2.24, 2.45) is 0 Å².